The molecule has 0 radical (unpaired) electrons. The number of rotatable bonds is 2. The number of nitrogens with zero attached hydrogens (tertiary/aromatic N) is 3. The summed E-state index contributed by atoms with van der Waals surface area (Å²) >= 11 is 0. The Morgan fingerprint density at radius 3 is 2.44 bits per heavy atom. The first-order chi connectivity index (χ1) is 8.41. The second-order valence-electron chi connectivity index (χ2n) is 4.74. The van der Waals surface area contributed by atoms with Crippen molar-refractivity contribution in [1.82, 2.24) is 14.5 Å². The van der Waals surface area contributed by atoms with Gasteiger partial charge in [-0.1, -0.05) is 13.8 Å². The van der Waals surface area contributed by atoms with E-state index in [4.69, 9.17) is 4.42 Å². The minimum Gasteiger partial charge on any atom is -0.388 e. The van der Waals surface area contributed by atoms with Crippen LogP contribution in [0.5, 0.6) is 0 Å². The highest BCUT2D eigenvalue weighted by Gasteiger charge is 2.15. The monoisotopic (exact) mass is 249 g/mol. The molecule has 96 valence electrons. The molecule has 0 aliphatic carbocycles. The zero-order chi connectivity index (χ0) is 13.4. The maximum atomic E-state index is 12.2. The van der Waals surface area contributed by atoms with Gasteiger partial charge in [0.1, 0.15) is 0 Å². The van der Waals surface area contributed by atoms with Crippen molar-refractivity contribution in [1.29, 1.82) is 0 Å². The molecule has 0 amide bonds. The Balaban J connectivity index is 2.86. The summed E-state index contributed by atoms with van der Waals surface area (Å²) in [7, 11) is 0. The van der Waals surface area contributed by atoms with Crippen LogP contribution in [0, 0.1) is 0 Å². The lowest BCUT2D eigenvalue weighted by Gasteiger charge is -2.08. The molecule has 0 spiro atoms. The normalized spacial score (nSPS) is 11.7. The summed E-state index contributed by atoms with van der Waals surface area (Å²) in [5.41, 5.74) is 0.343. The zero-order valence-corrected chi connectivity index (χ0v) is 10.8. The lowest BCUT2D eigenvalue weighted by molar-refractivity contribution is 0.419. The third-order valence-corrected chi connectivity index (χ3v) is 2.67. The van der Waals surface area contributed by atoms with Gasteiger partial charge in [0.2, 0.25) is 0 Å². The molecule has 2 aromatic rings. The van der Waals surface area contributed by atoms with Gasteiger partial charge in [-0.2, -0.15) is 0 Å². The smallest absolute Gasteiger partial charge is 0.388 e. The maximum Gasteiger partial charge on any atom is 0.423 e. The molecule has 0 atom stereocenters. The van der Waals surface area contributed by atoms with Crippen molar-refractivity contribution in [3.63, 3.8) is 0 Å². The van der Waals surface area contributed by atoms with E-state index in [0.717, 1.165) is 4.57 Å². The quantitative estimate of drug-likeness (QED) is 0.804. The fraction of sp³-hybridized carbons (Fsp3) is 0.500. The molecule has 0 saturated heterocycles. The molecule has 0 saturated carbocycles. The van der Waals surface area contributed by atoms with Crippen LogP contribution in [0.4, 0.5) is 0 Å². The summed E-state index contributed by atoms with van der Waals surface area (Å²) in [6.45, 7) is 7.39. The third-order valence-electron chi connectivity index (χ3n) is 2.67. The van der Waals surface area contributed by atoms with Crippen LogP contribution in [0.25, 0.3) is 11.2 Å². The molecule has 0 aliphatic rings. The van der Waals surface area contributed by atoms with Gasteiger partial charge in [0.05, 0.1) is 11.9 Å². The summed E-state index contributed by atoms with van der Waals surface area (Å²) < 4.78 is 6.05. The summed E-state index contributed by atoms with van der Waals surface area (Å²) in [4.78, 5) is 32.0. The lowest BCUT2D eigenvalue weighted by atomic mass is 10.1. The molecule has 0 aromatic carbocycles. The topological polar surface area (TPSA) is 78.0 Å². The molecule has 0 bridgehead atoms. The van der Waals surface area contributed by atoms with Crippen LogP contribution in [-0.4, -0.2) is 14.5 Å². The van der Waals surface area contributed by atoms with Gasteiger partial charge in [-0.25, -0.2) is 19.3 Å². The molecule has 6 heteroatoms. The largest absolute Gasteiger partial charge is 0.423 e. The summed E-state index contributed by atoms with van der Waals surface area (Å²) in [6, 6.07) is -0.275. The van der Waals surface area contributed by atoms with Gasteiger partial charge in [-0.05, 0) is 19.8 Å². The molecular weight excluding hydrogens is 234 g/mol. The fourth-order valence-corrected chi connectivity index (χ4v) is 1.66. The molecular formula is C12H15N3O3. The van der Waals surface area contributed by atoms with Crippen LogP contribution >= 0.6 is 0 Å². The van der Waals surface area contributed by atoms with Crippen LogP contribution in [0.1, 0.15) is 45.3 Å². The molecule has 2 aromatic heterocycles. The molecule has 2 rings (SSSR count). The maximum absolute atomic E-state index is 12.2. The first-order valence-electron chi connectivity index (χ1n) is 5.84. The Labute approximate surface area is 103 Å². The number of hydrogen-bond acceptors (Lipinski definition) is 5. The molecule has 18 heavy (non-hydrogen) atoms. The van der Waals surface area contributed by atoms with E-state index in [9.17, 15) is 9.59 Å². The van der Waals surface area contributed by atoms with Crippen molar-refractivity contribution in [2.24, 2.45) is 0 Å². The molecule has 0 aliphatic heterocycles. The number of fused-ring (bicyclic) bond motifs is 1. The Hall–Kier alpha value is -1.98. The van der Waals surface area contributed by atoms with Crippen molar-refractivity contribution < 1.29 is 4.42 Å². The van der Waals surface area contributed by atoms with Crippen molar-refractivity contribution in [3.05, 3.63) is 32.8 Å². The lowest BCUT2D eigenvalue weighted by Crippen LogP contribution is -2.34. The third kappa shape index (κ3) is 1.94. The molecule has 2 heterocycles. The fourth-order valence-electron chi connectivity index (χ4n) is 1.66. The van der Waals surface area contributed by atoms with Gasteiger partial charge < -0.3 is 4.42 Å². The van der Waals surface area contributed by atoms with E-state index >= 15 is 0 Å². The molecule has 0 fully saturated rings. The highest BCUT2D eigenvalue weighted by Crippen LogP contribution is 2.12. The molecule has 6 nitrogen and oxygen atoms in total. The van der Waals surface area contributed by atoms with Crippen LogP contribution in [0.15, 0.2) is 20.2 Å². The van der Waals surface area contributed by atoms with Crippen LogP contribution in [-0.2, 0) is 0 Å². The van der Waals surface area contributed by atoms with Gasteiger partial charge >= 0.3 is 5.76 Å². The van der Waals surface area contributed by atoms with Crippen LogP contribution in [0.3, 0.4) is 0 Å². The van der Waals surface area contributed by atoms with E-state index in [1.54, 1.807) is 13.8 Å². The van der Waals surface area contributed by atoms with Gasteiger partial charge in [-0.3, -0.25) is 4.79 Å². The van der Waals surface area contributed by atoms with Crippen molar-refractivity contribution in [2.75, 3.05) is 0 Å². The zero-order valence-electron chi connectivity index (χ0n) is 10.8. The first-order valence-corrected chi connectivity index (χ1v) is 5.84. The number of hydrogen-bond donors (Lipinski definition) is 0. The SMILES string of the molecule is CC(C)c1cnc2oc(=O)n(C(C)C)c(=O)c2n1. The van der Waals surface area contributed by atoms with Gasteiger partial charge in [0, 0.05) is 6.04 Å². The Morgan fingerprint density at radius 2 is 1.89 bits per heavy atom. The van der Waals surface area contributed by atoms with E-state index in [0.29, 0.717) is 5.69 Å². The van der Waals surface area contributed by atoms with E-state index in [-0.39, 0.29) is 23.2 Å². The highest BCUT2D eigenvalue weighted by molar-refractivity contribution is 5.65. The van der Waals surface area contributed by atoms with E-state index in [1.165, 1.54) is 6.20 Å². The van der Waals surface area contributed by atoms with E-state index in [2.05, 4.69) is 9.97 Å². The predicted octanol–water partition coefficient (Wildman–Crippen LogP) is 1.45. The van der Waals surface area contributed by atoms with Crippen molar-refractivity contribution >= 4 is 11.2 Å². The van der Waals surface area contributed by atoms with E-state index < -0.39 is 11.3 Å². The summed E-state index contributed by atoms with van der Waals surface area (Å²) in [5.74, 6) is -0.546. The minimum absolute atomic E-state index is 0.00806. The van der Waals surface area contributed by atoms with Crippen molar-refractivity contribution in [3.8, 4) is 0 Å². The highest BCUT2D eigenvalue weighted by atomic mass is 16.4. The first kappa shape index (κ1) is 12.5. The average molecular weight is 249 g/mol. The second kappa shape index (κ2) is 4.36. The van der Waals surface area contributed by atoms with E-state index in [1.807, 2.05) is 13.8 Å². The average Bonchev–Trinajstić information content (AvgIpc) is 2.27. The van der Waals surface area contributed by atoms with Crippen LogP contribution < -0.4 is 11.3 Å². The second-order valence-corrected chi connectivity index (χ2v) is 4.74. The standard InChI is InChI=1S/C12H15N3O3/c1-6(2)8-5-13-10-9(14-8)11(16)15(7(3)4)12(17)18-10/h5-7H,1-4H3. The van der Waals surface area contributed by atoms with Gasteiger partial charge in [0.15, 0.2) is 5.52 Å². The number of aromatic nitrogens is 3. The Morgan fingerprint density at radius 1 is 1.22 bits per heavy atom. The summed E-state index contributed by atoms with van der Waals surface area (Å²) in [6.07, 6.45) is 1.52. The molecule has 0 unspecified atom stereocenters. The Kier molecular flexibility index (Phi) is 3.02. The van der Waals surface area contributed by atoms with Crippen molar-refractivity contribution in [2.45, 2.75) is 39.7 Å². The predicted molar refractivity (Wildman–Crippen MR) is 66.8 cm³/mol. The minimum atomic E-state index is -0.700. The van der Waals surface area contributed by atoms with Gasteiger partial charge in [-0.15, -0.1) is 0 Å². The summed E-state index contributed by atoms with van der Waals surface area (Å²) in [5, 5.41) is 0. The Bertz CT molecular complexity index is 698. The van der Waals surface area contributed by atoms with Gasteiger partial charge in [0.25, 0.3) is 11.3 Å². The molecule has 0 N–H and O–H groups in total. The van der Waals surface area contributed by atoms with Crippen LogP contribution in [0.2, 0.25) is 0 Å².